The quantitative estimate of drug-likeness (QED) is 0.155. The van der Waals surface area contributed by atoms with Gasteiger partial charge >= 0.3 is 0 Å². The molecule has 0 atom stereocenters. The highest BCUT2D eigenvalue weighted by atomic mass is 32.1. The Morgan fingerprint density at radius 3 is 1.36 bits per heavy atom. The molecule has 3 heteroatoms. The Morgan fingerprint density at radius 1 is 0.262 bits per heavy atom. The SMILES string of the molecule is c1cc(-c2cccc(N(c3ccc(-c4cccc5c4sc4ccccc45)cc3)c3cccc(-c4ccc5ccccc5c4)c3)c2)cc(-c2cccc3c2sc2ccccc23)c1. The first-order valence-electron chi connectivity index (χ1n) is 20.7. The van der Waals surface area contributed by atoms with Gasteiger partial charge in [0.1, 0.15) is 0 Å². The number of rotatable bonds is 7. The second-order valence-corrected chi connectivity index (χ2v) is 17.8. The van der Waals surface area contributed by atoms with E-state index in [-0.39, 0.29) is 0 Å². The topological polar surface area (TPSA) is 3.24 Å². The Bertz CT molecular complexity index is 3610. The maximum Gasteiger partial charge on any atom is 0.0467 e. The molecular weight excluding hydrogens is 775 g/mol. The van der Waals surface area contributed by atoms with E-state index in [4.69, 9.17) is 0 Å². The van der Waals surface area contributed by atoms with Crippen LogP contribution in [-0.4, -0.2) is 0 Å². The van der Waals surface area contributed by atoms with Gasteiger partial charge in [0.15, 0.2) is 0 Å². The Labute approximate surface area is 362 Å². The molecule has 0 aliphatic heterocycles. The van der Waals surface area contributed by atoms with Gasteiger partial charge in [0.05, 0.1) is 0 Å². The fourth-order valence-corrected chi connectivity index (χ4v) is 11.5. The molecule has 0 unspecified atom stereocenters. The Hall–Kier alpha value is -7.30. The fourth-order valence-electron chi connectivity index (χ4n) is 9.07. The Kier molecular flexibility index (Phi) is 8.62. The third kappa shape index (κ3) is 6.29. The van der Waals surface area contributed by atoms with E-state index in [0.717, 1.165) is 17.1 Å². The molecule has 0 saturated carbocycles. The van der Waals surface area contributed by atoms with Gasteiger partial charge in [-0.1, -0.05) is 164 Å². The molecule has 0 fully saturated rings. The van der Waals surface area contributed by atoms with Crippen molar-refractivity contribution in [3.05, 3.63) is 224 Å². The number of hydrogen-bond donors (Lipinski definition) is 0. The van der Waals surface area contributed by atoms with Crippen LogP contribution in [0.3, 0.4) is 0 Å². The van der Waals surface area contributed by atoms with Crippen LogP contribution in [0, 0.1) is 0 Å². The summed E-state index contributed by atoms with van der Waals surface area (Å²) in [6.07, 6.45) is 0. The van der Waals surface area contributed by atoms with Crippen LogP contribution in [0.1, 0.15) is 0 Å². The number of hydrogen-bond acceptors (Lipinski definition) is 3. The van der Waals surface area contributed by atoms with Gasteiger partial charge in [-0.05, 0) is 116 Å². The van der Waals surface area contributed by atoms with Crippen molar-refractivity contribution in [3.63, 3.8) is 0 Å². The minimum Gasteiger partial charge on any atom is -0.310 e. The van der Waals surface area contributed by atoms with Gasteiger partial charge in [-0.25, -0.2) is 0 Å². The first-order chi connectivity index (χ1) is 30.2. The standard InChI is InChI=1S/C58H37NS2/c1-2-13-40-34-44(29-28-38(40)12-1)43-16-9-19-48(37-43)59(46-32-30-39(31-33-46)49-22-10-24-53-51-20-3-5-26-55(51)60-57(49)53)47-18-8-15-42(36-47)41-14-7-17-45(35-41)50-23-11-25-54-52-21-4-6-27-56(52)61-58(50)54/h1-37H. The largest absolute Gasteiger partial charge is 0.310 e. The van der Waals surface area contributed by atoms with Crippen molar-refractivity contribution < 1.29 is 0 Å². The van der Waals surface area contributed by atoms with Crippen LogP contribution >= 0.6 is 22.7 Å². The van der Waals surface area contributed by atoms with Gasteiger partial charge in [-0.3, -0.25) is 0 Å². The van der Waals surface area contributed by atoms with Crippen molar-refractivity contribution in [2.45, 2.75) is 0 Å². The van der Waals surface area contributed by atoms with E-state index in [1.807, 2.05) is 22.7 Å². The molecule has 0 saturated heterocycles. The maximum atomic E-state index is 2.40. The lowest BCUT2D eigenvalue weighted by Crippen LogP contribution is -2.10. The molecule has 0 radical (unpaired) electrons. The first kappa shape index (κ1) is 35.6. The molecule has 12 rings (SSSR count). The van der Waals surface area contributed by atoms with E-state index in [1.54, 1.807) is 0 Å². The molecular formula is C58H37NS2. The molecule has 0 N–H and O–H groups in total. The highest BCUT2D eigenvalue weighted by molar-refractivity contribution is 7.26. The lowest BCUT2D eigenvalue weighted by molar-refractivity contribution is 1.28. The number of fused-ring (bicyclic) bond motifs is 7. The monoisotopic (exact) mass is 811 g/mol. The van der Waals surface area contributed by atoms with Gasteiger partial charge in [0.2, 0.25) is 0 Å². The molecule has 1 nitrogen and oxygen atoms in total. The van der Waals surface area contributed by atoms with Crippen LogP contribution < -0.4 is 4.90 Å². The molecule has 2 heterocycles. The number of benzene rings is 10. The van der Waals surface area contributed by atoms with E-state index in [9.17, 15) is 0 Å². The molecule has 0 aliphatic rings. The van der Waals surface area contributed by atoms with Gasteiger partial charge in [-0.2, -0.15) is 0 Å². The zero-order valence-corrected chi connectivity index (χ0v) is 34.8. The molecule has 0 spiro atoms. The van der Waals surface area contributed by atoms with Gasteiger partial charge in [0, 0.05) is 57.4 Å². The van der Waals surface area contributed by atoms with Crippen molar-refractivity contribution in [1.82, 2.24) is 0 Å². The summed E-state index contributed by atoms with van der Waals surface area (Å²) in [7, 11) is 0. The van der Waals surface area contributed by atoms with Crippen molar-refractivity contribution in [2.24, 2.45) is 0 Å². The highest BCUT2D eigenvalue weighted by Gasteiger charge is 2.17. The van der Waals surface area contributed by atoms with Crippen LogP contribution in [0.15, 0.2) is 224 Å². The molecule has 0 bridgehead atoms. The Morgan fingerprint density at radius 2 is 0.721 bits per heavy atom. The number of anilines is 3. The molecule has 0 aliphatic carbocycles. The average molecular weight is 812 g/mol. The summed E-state index contributed by atoms with van der Waals surface area (Å²) in [6.45, 7) is 0. The third-order valence-electron chi connectivity index (χ3n) is 12.0. The van der Waals surface area contributed by atoms with Crippen molar-refractivity contribution >= 4 is 90.9 Å². The summed E-state index contributed by atoms with van der Waals surface area (Å²) >= 11 is 3.76. The van der Waals surface area contributed by atoms with Crippen molar-refractivity contribution in [2.75, 3.05) is 4.90 Å². The van der Waals surface area contributed by atoms with Gasteiger partial charge in [0.25, 0.3) is 0 Å². The highest BCUT2D eigenvalue weighted by Crippen LogP contribution is 2.44. The van der Waals surface area contributed by atoms with Crippen molar-refractivity contribution in [3.8, 4) is 44.5 Å². The van der Waals surface area contributed by atoms with E-state index in [0.29, 0.717) is 0 Å². The summed E-state index contributed by atoms with van der Waals surface area (Å²) in [5.74, 6) is 0. The zero-order valence-electron chi connectivity index (χ0n) is 33.1. The summed E-state index contributed by atoms with van der Waals surface area (Å²) < 4.78 is 5.30. The predicted molar refractivity (Wildman–Crippen MR) is 266 cm³/mol. The van der Waals surface area contributed by atoms with Crippen LogP contribution in [0.2, 0.25) is 0 Å². The second-order valence-electron chi connectivity index (χ2n) is 15.7. The number of nitrogens with zero attached hydrogens (tertiary/aromatic N) is 1. The van der Waals surface area contributed by atoms with Crippen molar-refractivity contribution in [1.29, 1.82) is 0 Å². The average Bonchev–Trinajstić information content (AvgIpc) is 3.91. The summed E-state index contributed by atoms with van der Waals surface area (Å²) in [5.41, 5.74) is 13.0. The smallest absolute Gasteiger partial charge is 0.0467 e. The molecule has 61 heavy (non-hydrogen) atoms. The Balaban J connectivity index is 0.969. The lowest BCUT2D eigenvalue weighted by Gasteiger charge is -2.27. The normalized spacial score (nSPS) is 11.6. The van der Waals surface area contributed by atoms with E-state index in [2.05, 4.69) is 229 Å². The first-order valence-corrected chi connectivity index (χ1v) is 22.4. The van der Waals surface area contributed by atoms with Gasteiger partial charge in [-0.15, -0.1) is 22.7 Å². The summed E-state index contributed by atoms with van der Waals surface area (Å²) in [6, 6.07) is 82.4. The minimum atomic E-state index is 1.10. The zero-order chi connectivity index (χ0) is 40.3. The fraction of sp³-hybridized carbons (Fsp3) is 0. The lowest BCUT2D eigenvalue weighted by atomic mass is 9.97. The molecule has 12 aromatic rings. The van der Waals surface area contributed by atoms with E-state index in [1.165, 1.54) is 95.6 Å². The molecule has 286 valence electrons. The molecule has 2 aromatic heterocycles. The predicted octanol–water partition coefficient (Wildman–Crippen LogP) is 17.7. The van der Waals surface area contributed by atoms with Crippen LogP contribution in [0.25, 0.3) is 95.6 Å². The minimum absolute atomic E-state index is 1.10. The maximum absolute atomic E-state index is 2.40. The van der Waals surface area contributed by atoms with E-state index < -0.39 is 0 Å². The number of thiophene rings is 2. The summed E-state index contributed by atoms with van der Waals surface area (Å²) in [5, 5.41) is 7.76. The molecule has 0 amide bonds. The summed E-state index contributed by atoms with van der Waals surface area (Å²) in [4.78, 5) is 2.40. The molecule has 10 aromatic carbocycles. The second kappa shape index (κ2) is 14.8. The van der Waals surface area contributed by atoms with Crippen LogP contribution in [0.5, 0.6) is 0 Å². The van der Waals surface area contributed by atoms with Crippen LogP contribution in [-0.2, 0) is 0 Å². The van der Waals surface area contributed by atoms with Crippen LogP contribution in [0.4, 0.5) is 17.1 Å². The van der Waals surface area contributed by atoms with E-state index >= 15 is 0 Å². The third-order valence-corrected chi connectivity index (χ3v) is 14.5. The van der Waals surface area contributed by atoms with Gasteiger partial charge < -0.3 is 4.90 Å².